The van der Waals surface area contributed by atoms with Crippen molar-refractivity contribution >= 4 is 21.6 Å². The largest absolute Gasteiger partial charge is 0.573 e. The van der Waals surface area contributed by atoms with Crippen molar-refractivity contribution in [1.29, 1.82) is 0 Å². The quantitative estimate of drug-likeness (QED) is 0.802. The number of alkyl halides is 3. The fourth-order valence-electron chi connectivity index (χ4n) is 2.78. The van der Waals surface area contributed by atoms with Gasteiger partial charge in [-0.25, -0.2) is 8.42 Å². The lowest BCUT2D eigenvalue weighted by molar-refractivity contribution is -0.274. The highest BCUT2D eigenvalue weighted by atomic mass is 32.2. The molecule has 0 spiro atoms. The summed E-state index contributed by atoms with van der Waals surface area (Å²) in [6, 6.07) is 7.07. The molecular formula is C17H17F3N2O5S. The number of benzene rings is 1. The third-order valence-electron chi connectivity index (χ3n) is 4.04. The van der Waals surface area contributed by atoms with Crippen LogP contribution in [0.1, 0.15) is 29.8 Å². The average molecular weight is 418 g/mol. The van der Waals surface area contributed by atoms with Gasteiger partial charge in [0.2, 0.25) is 5.09 Å². The summed E-state index contributed by atoms with van der Waals surface area (Å²) in [6.45, 7) is 0.771. The molecule has 1 amide bonds. The van der Waals surface area contributed by atoms with E-state index in [1.807, 2.05) is 0 Å². The van der Waals surface area contributed by atoms with Gasteiger partial charge in [-0.1, -0.05) is 12.5 Å². The van der Waals surface area contributed by atoms with E-state index in [1.165, 1.54) is 28.6 Å². The molecule has 1 aliphatic rings. The number of hydrogen-bond acceptors (Lipinski definition) is 5. The van der Waals surface area contributed by atoms with Crippen molar-refractivity contribution < 1.29 is 35.5 Å². The number of rotatable bonds is 5. The third-order valence-corrected chi connectivity index (χ3v) is 5.81. The number of halogens is 3. The summed E-state index contributed by atoms with van der Waals surface area (Å²) in [5, 5.41) is 1.99. The summed E-state index contributed by atoms with van der Waals surface area (Å²) in [7, 11) is -3.83. The Labute approximate surface area is 159 Å². The minimum atomic E-state index is -4.86. The van der Waals surface area contributed by atoms with Crippen LogP contribution in [0.25, 0.3) is 0 Å². The van der Waals surface area contributed by atoms with Crippen LogP contribution in [-0.2, 0) is 10.0 Å². The monoisotopic (exact) mass is 418 g/mol. The summed E-state index contributed by atoms with van der Waals surface area (Å²) in [4.78, 5) is 12.3. The molecule has 1 aliphatic heterocycles. The van der Waals surface area contributed by atoms with Gasteiger partial charge in [-0.3, -0.25) is 4.79 Å². The molecule has 3 rings (SSSR count). The Morgan fingerprint density at radius 2 is 1.82 bits per heavy atom. The minimum absolute atomic E-state index is 0.0311. The standard InChI is InChI=1S/C17H17F3N2O5S/c18-17(19,20)27-13-6-4-5-12(11-13)21-16(23)14-7-8-15(26-14)28(24,25)22-9-2-1-3-10-22/h4-8,11H,1-3,9-10H2,(H,21,23). The first-order valence-electron chi connectivity index (χ1n) is 8.42. The Hall–Kier alpha value is -2.53. The van der Waals surface area contributed by atoms with E-state index in [0.29, 0.717) is 13.1 Å². The maximum atomic E-state index is 12.5. The Balaban J connectivity index is 1.72. The first kappa shape index (κ1) is 20.2. The zero-order valence-electron chi connectivity index (χ0n) is 14.5. The fourth-order valence-corrected chi connectivity index (χ4v) is 4.21. The number of ether oxygens (including phenoxy) is 1. The summed E-state index contributed by atoms with van der Waals surface area (Å²) < 4.78 is 72.2. The number of sulfonamides is 1. The fraction of sp³-hybridized carbons (Fsp3) is 0.353. The Kier molecular flexibility index (Phi) is 5.66. The minimum Gasteiger partial charge on any atom is -0.438 e. The number of amides is 1. The summed E-state index contributed by atoms with van der Waals surface area (Å²) in [5.74, 6) is -1.58. The smallest absolute Gasteiger partial charge is 0.438 e. The van der Waals surface area contributed by atoms with Gasteiger partial charge in [0.05, 0.1) is 0 Å². The maximum Gasteiger partial charge on any atom is 0.573 e. The van der Waals surface area contributed by atoms with Crippen LogP contribution in [0.15, 0.2) is 45.9 Å². The van der Waals surface area contributed by atoms with E-state index in [1.54, 1.807) is 0 Å². The van der Waals surface area contributed by atoms with E-state index in [-0.39, 0.29) is 16.5 Å². The number of piperidine rings is 1. The third kappa shape index (κ3) is 4.84. The van der Waals surface area contributed by atoms with Crippen molar-refractivity contribution in [3.05, 3.63) is 42.2 Å². The topological polar surface area (TPSA) is 88.8 Å². The molecule has 7 nitrogen and oxygen atoms in total. The normalized spacial score (nSPS) is 16.0. The molecule has 1 fully saturated rings. The summed E-state index contributed by atoms with van der Waals surface area (Å²) in [6.07, 6.45) is -2.40. The molecule has 1 saturated heterocycles. The van der Waals surface area contributed by atoms with Gasteiger partial charge >= 0.3 is 6.36 Å². The van der Waals surface area contributed by atoms with Crippen LogP contribution in [0.2, 0.25) is 0 Å². The lowest BCUT2D eigenvalue weighted by Crippen LogP contribution is -2.35. The summed E-state index contributed by atoms with van der Waals surface area (Å²) in [5.41, 5.74) is 0.0311. The van der Waals surface area contributed by atoms with Crippen molar-refractivity contribution in [2.75, 3.05) is 18.4 Å². The molecule has 2 aromatic rings. The van der Waals surface area contributed by atoms with Gasteiger partial charge in [0, 0.05) is 24.8 Å². The first-order chi connectivity index (χ1) is 13.1. The highest BCUT2D eigenvalue weighted by Crippen LogP contribution is 2.26. The Bertz CT molecular complexity index is 950. The molecule has 0 unspecified atom stereocenters. The van der Waals surface area contributed by atoms with Gasteiger partial charge in [0.1, 0.15) is 5.75 Å². The van der Waals surface area contributed by atoms with Crippen molar-refractivity contribution in [1.82, 2.24) is 4.31 Å². The molecule has 1 N–H and O–H groups in total. The second kappa shape index (κ2) is 7.84. The van der Waals surface area contributed by atoms with Crippen molar-refractivity contribution in [3.63, 3.8) is 0 Å². The number of nitrogens with one attached hydrogen (secondary N) is 1. The van der Waals surface area contributed by atoms with Crippen LogP contribution in [0, 0.1) is 0 Å². The zero-order valence-corrected chi connectivity index (χ0v) is 15.3. The van der Waals surface area contributed by atoms with E-state index in [4.69, 9.17) is 4.42 Å². The predicted octanol–water partition coefficient (Wildman–Crippen LogP) is 3.61. The molecule has 0 radical (unpaired) electrons. The van der Waals surface area contributed by atoms with Crippen LogP contribution >= 0.6 is 0 Å². The highest BCUT2D eigenvalue weighted by Gasteiger charge is 2.31. The van der Waals surface area contributed by atoms with Crippen LogP contribution < -0.4 is 10.1 Å². The number of carbonyl (C=O) groups excluding carboxylic acids is 1. The lowest BCUT2D eigenvalue weighted by Gasteiger charge is -2.24. The zero-order chi connectivity index (χ0) is 20.4. The van der Waals surface area contributed by atoms with E-state index >= 15 is 0 Å². The Morgan fingerprint density at radius 3 is 2.50 bits per heavy atom. The molecule has 0 bridgehead atoms. The Morgan fingerprint density at radius 1 is 1.11 bits per heavy atom. The van der Waals surface area contributed by atoms with Crippen molar-refractivity contribution in [2.24, 2.45) is 0 Å². The van der Waals surface area contributed by atoms with Gasteiger partial charge < -0.3 is 14.5 Å². The van der Waals surface area contributed by atoms with Crippen LogP contribution in [-0.4, -0.2) is 38.1 Å². The van der Waals surface area contributed by atoms with Gasteiger partial charge in [-0.2, -0.15) is 4.31 Å². The summed E-state index contributed by atoms with van der Waals surface area (Å²) >= 11 is 0. The molecule has 2 heterocycles. The molecule has 0 saturated carbocycles. The molecule has 1 aromatic heterocycles. The molecule has 0 atom stereocenters. The van der Waals surface area contributed by atoms with Gasteiger partial charge in [0.15, 0.2) is 5.76 Å². The van der Waals surface area contributed by atoms with Crippen LogP contribution in [0.3, 0.4) is 0 Å². The van der Waals surface area contributed by atoms with Crippen LogP contribution in [0.4, 0.5) is 18.9 Å². The first-order valence-corrected chi connectivity index (χ1v) is 9.86. The number of nitrogens with zero attached hydrogens (tertiary/aromatic N) is 1. The molecule has 11 heteroatoms. The second-order valence-corrected chi connectivity index (χ2v) is 7.98. The van der Waals surface area contributed by atoms with E-state index in [0.717, 1.165) is 31.4 Å². The van der Waals surface area contributed by atoms with E-state index in [2.05, 4.69) is 10.1 Å². The average Bonchev–Trinajstić information content (AvgIpc) is 3.12. The number of carbonyl (C=O) groups is 1. The van der Waals surface area contributed by atoms with Crippen molar-refractivity contribution in [2.45, 2.75) is 30.7 Å². The lowest BCUT2D eigenvalue weighted by atomic mass is 10.2. The van der Waals surface area contributed by atoms with Crippen LogP contribution in [0.5, 0.6) is 5.75 Å². The molecule has 0 aliphatic carbocycles. The highest BCUT2D eigenvalue weighted by molar-refractivity contribution is 7.89. The number of furan rings is 1. The van der Waals surface area contributed by atoms with E-state index < -0.39 is 28.0 Å². The van der Waals surface area contributed by atoms with Gasteiger partial charge in [0.25, 0.3) is 15.9 Å². The van der Waals surface area contributed by atoms with Crippen molar-refractivity contribution in [3.8, 4) is 5.75 Å². The molecule has 28 heavy (non-hydrogen) atoms. The molecule has 1 aromatic carbocycles. The van der Waals surface area contributed by atoms with Gasteiger partial charge in [-0.05, 0) is 37.1 Å². The molecular weight excluding hydrogens is 401 g/mol. The van der Waals surface area contributed by atoms with E-state index in [9.17, 15) is 26.4 Å². The number of anilines is 1. The predicted molar refractivity (Wildman–Crippen MR) is 92.4 cm³/mol. The van der Waals surface area contributed by atoms with Gasteiger partial charge in [-0.15, -0.1) is 13.2 Å². The number of hydrogen-bond donors (Lipinski definition) is 1. The SMILES string of the molecule is O=C(Nc1cccc(OC(F)(F)F)c1)c1ccc(S(=O)(=O)N2CCCCC2)o1. The second-order valence-electron chi connectivity index (χ2n) is 6.11. The molecule has 152 valence electrons. The maximum absolute atomic E-state index is 12.5.